The normalized spacial score (nSPS) is 10.9. The Kier molecular flexibility index (Phi) is 7.38. The minimum absolute atomic E-state index is 0.136. The van der Waals surface area contributed by atoms with Crippen LogP contribution >= 0.6 is 0 Å². The van der Waals surface area contributed by atoms with Crippen LogP contribution in [-0.4, -0.2) is 25.2 Å². The number of unbranched alkanes of at least 4 members (excludes halogenated alkanes) is 1. The van der Waals surface area contributed by atoms with Crippen LogP contribution in [0.1, 0.15) is 42.8 Å². The molecule has 0 spiro atoms. The number of esters is 2. The molecule has 0 aliphatic carbocycles. The molecule has 1 heterocycles. The van der Waals surface area contributed by atoms with E-state index in [1.807, 2.05) is 6.92 Å². The summed E-state index contributed by atoms with van der Waals surface area (Å²) in [7, 11) is 0. The lowest BCUT2D eigenvalue weighted by Crippen LogP contribution is -2.06. The molecule has 0 radical (unpaired) electrons. The van der Waals surface area contributed by atoms with Crippen LogP contribution in [0.3, 0.4) is 0 Å². The molecule has 6 nitrogen and oxygen atoms in total. The molecule has 27 heavy (non-hydrogen) atoms. The molecular weight excluding hydrogens is 346 g/mol. The lowest BCUT2D eigenvalue weighted by atomic mass is 10.1. The lowest BCUT2D eigenvalue weighted by Gasteiger charge is -2.04. The van der Waals surface area contributed by atoms with Crippen LogP contribution < -0.4 is 0 Å². The van der Waals surface area contributed by atoms with Crippen LogP contribution in [0.5, 0.6) is 0 Å². The fourth-order valence-corrected chi connectivity index (χ4v) is 2.24. The highest BCUT2D eigenvalue weighted by molar-refractivity contribution is 5.97. The zero-order valence-electron chi connectivity index (χ0n) is 15.4. The summed E-state index contributed by atoms with van der Waals surface area (Å²) in [5.41, 5.74) is 1.09. The standard InChI is InChI=1S/C21H21NO5/c1-3-5-12-26-20(23)16-8-6-15(7-9-16)19-11-10-18(27-19)13-17(14-22)21(24)25-4-2/h6-11,13H,3-5,12H2,1-2H3/b17-13-. The summed E-state index contributed by atoms with van der Waals surface area (Å²) < 4.78 is 15.6. The molecule has 2 aromatic rings. The van der Waals surface area contributed by atoms with Gasteiger partial charge in [-0.05, 0) is 37.6 Å². The molecule has 0 saturated heterocycles. The van der Waals surface area contributed by atoms with E-state index in [1.54, 1.807) is 49.4 Å². The molecule has 140 valence electrons. The van der Waals surface area contributed by atoms with Crippen molar-refractivity contribution >= 4 is 18.0 Å². The van der Waals surface area contributed by atoms with Gasteiger partial charge in [0.1, 0.15) is 23.2 Å². The number of carbonyl (C=O) groups excluding carboxylic acids is 2. The first kappa shape index (κ1) is 20.0. The molecule has 0 atom stereocenters. The molecule has 0 bridgehead atoms. The average Bonchev–Trinajstić information content (AvgIpc) is 3.15. The van der Waals surface area contributed by atoms with E-state index < -0.39 is 5.97 Å². The molecule has 0 aliphatic heterocycles. The fourth-order valence-electron chi connectivity index (χ4n) is 2.24. The number of hydrogen-bond acceptors (Lipinski definition) is 6. The SMILES string of the molecule is CCCCOC(=O)c1ccc(-c2ccc(/C=C(/C#N)C(=O)OCC)o2)cc1. The number of carbonyl (C=O) groups is 2. The number of nitriles is 1. The molecule has 0 amide bonds. The fraction of sp³-hybridized carbons (Fsp3) is 0.286. The predicted octanol–water partition coefficient (Wildman–Crippen LogP) is 4.37. The first-order valence-electron chi connectivity index (χ1n) is 8.75. The van der Waals surface area contributed by atoms with Crippen molar-refractivity contribution in [1.29, 1.82) is 5.26 Å². The molecule has 0 fully saturated rings. The van der Waals surface area contributed by atoms with Gasteiger partial charge in [-0.15, -0.1) is 0 Å². The number of benzene rings is 1. The van der Waals surface area contributed by atoms with E-state index in [4.69, 9.17) is 19.2 Å². The summed E-state index contributed by atoms with van der Waals surface area (Å²) in [6, 6.07) is 12.0. The maximum absolute atomic E-state index is 11.9. The molecule has 2 rings (SSSR count). The van der Waals surface area contributed by atoms with Crippen molar-refractivity contribution < 1.29 is 23.5 Å². The minimum Gasteiger partial charge on any atom is -0.462 e. The van der Waals surface area contributed by atoms with Crippen LogP contribution in [0.25, 0.3) is 17.4 Å². The molecular formula is C21H21NO5. The summed E-state index contributed by atoms with van der Waals surface area (Å²) in [5.74, 6) is -0.138. The van der Waals surface area contributed by atoms with Crippen molar-refractivity contribution in [3.05, 3.63) is 53.3 Å². The number of furan rings is 1. The number of nitrogens with zero attached hydrogens (tertiary/aromatic N) is 1. The summed E-state index contributed by atoms with van der Waals surface area (Å²) in [5, 5.41) is 9.06. The zero-order chi connectivity index (χ0) is 19.6. The molecule has 1 aromatic heterocycles. The number of hydrogen-bond donors (Lipinski definition) is 0. The Balaban J connectivity index is 2.11. The van der Waals surface area contributed by atoms with E-state index in [0.717, 1.165) is 18.4 Å². The Morgan fingerprint density at radius 2 is 1.85 bits per heavy atom. The Morgan fingerprint density at radius 1 is 1.11 bits per heavy atom. The van der Waals surface area contributed by atoms with E-state index in [-0.39, 0.29) is 18.1 Å². The minimum atomic E-state index is -0.691. The van der Waals surface area contributed by atoms with Crippen molar-refractivity contribution in [3.8, 4) is 17.4 Å². The second-order valence-electron chi connectivity index (χ2n) is 5.66. The topological polar surface area (TPSA) is 89.5 Å². The van der Waals surface area contributed by atoms with Crippen molar-refractivity contribution in [3.63, 3.8) is 0 Å². The van der Waals surface area contributed by atoms with E-state index in [0.29, 0.717) is 23.7 Å². The van der Waals surface area contributed by atoms with Gasteiger partial charge in [0.05, 0.1) is 18.8 Å². The van der Waals surface area contributed by atoms with E-state index in [2.05, 4.69) is 0 Å². The van der Waals surface area contributed by atoms with Gasteiger partial charge in [-0.25, -0.2) is 9.59 Å². The molecule has 1 aromatic carbocycles. The molecule has 0 saturated carbocycles. The van der Waals surface area contributed by atoms with Crippen LogP contribution in [0.15, 0.2) is 46.4 Å². The van der Waals surface area contributed by atoms with Gasteiger partial charge >= 0.3 is 11.9 Å². The van der Waals surface area contributed by atoms with Gasteiger partial charge < -0.3 is 13.9 Å². The smallest absolute Gasteiger partial charge is 0.349 e. The zero-order valence-corrected chi connectivity index (χ0v) is 15.4. The van der Waals surface area contributed by atoms with Gasteiger partial charge in [-0.3, -0.25) is 0 Å². The summed E-state index contributed by atoms with van der Waals surface area (Å²) in [6.07, 6.45) is 3.13. The van der Waals surface area contributed by atoms with Crippen molar-refractivity contribution in [2.75, 3.05) is 13.2 Å². The second kappa shape index (κ2) is 9.97. The number of ether oxygens (including phenoxy) is 2. The summed E-state index contributed by atoms with van der Waals surface area (Å²) in [4.78, 5) is 23.6. The maximum atomic E-state index is 11.9. The molecule has 0 N–H and O–H groups in total. The molecule has 6 heteroatoms. The van der Waals surface area contributed by atoms with Crippen LogP contribution in [0, 0.1) is 11.3 Å². The van der Waals surface area contributed by atoms with Gasteiger partial charge in [-0.1, -0.05) is 25.5 Å². The molecule has 0 aliphatic rings. The lowest BCUT2D eigenvalue weighted by molar-refractivity contribution is -0.137. The average molecular weight is 367 g/mol. The molecule has 0 unspecified atom stereocenters. The highest BCUT2D eigenvalue weighted by atomic mass is 16.5. The first-order chi connectivity index (χ1) is 13.1. The van der Waals surface area contributed by atoms with Gasteiger partial charge in [0.25, 0.3) is 0 Å². The highest BCUT2D eigenvalue weighted by Crippen LogP contribution is 2.24. The maximum Gasteiger partial charge on any atom is 0.349 e. The summed E-state index contributed by atoms with van der Waals surface area (Å²) >= 11 is 0. The Bertz CT molecular complexity index is 855. The van der Waals surface area contributed by atoms with E-state index in [1.165, 1.54) is 6.08 Å². The Morgan fingerprint density at radius 3 is 2.48 bits per heavy atom. The predicted molar refractivity (Wildman–Crippen MR) is 99.6 cm³/mol. The second-order valence-corrected chi connectivity index (χ2v) is 5.66. The third-order valence-electron chi connectivity index (χ3n) is 3.67. The van der Waals surface area contributed by atoms with Crippen molar-refractivity contribution in [2.45, 2.75) is 26.7 Å². The summed E-state index contributed by atoms with van der Waals surface area (Å²) in [6.45, 7) is 4.30. The monoisotopic (exact) mass is 367 g/mol. The van der Waals surface area contributed by atoms with E-state index >= 15 is 0 Å². The van der Waals surface area contributed by atoms with Crippen LogP contribution in [0.4, 0.5) is 0 Å². The van der Waals surface area contributed by atoms with Gasteiger partial charge in [0.2, 0.25) is 0 Å². The quantitative estimate of drug-likeness (QED) is 0.298. The van der Waals surface area contributed by atoms with Gasteiger partial charge in [0, 0.05) is 11.6 Å². The number of rotatable bonds is 8. The van der Waals surface area contributed by atoms with Crippen LogP contribution in [0.2, 0.25) is 0 Å². The third kappa shape index (κ3) is 5.58. The Hall–Kier alpha value is -3.33. The van der Waals surface area contributed by atoms with Crippen molar-refractivity contribution in [2.24, 2.45) is 0 Å². The third-order valence-corrected chi connectivity index (χ3v) is 3.67. The van der Waals surface area contributed by atoms with Crippen molar-refractivity contribution in [1.82, 2.24) is 0 Å². The largest absolute Gasteiger partial charge is 0.462 e. The Labute approximate surface area is 158 Å². The van der Waals surface area contributed by atoms with Gasteiger partial charge in [-0.2, -0.15) is 5.26 Å². The van der Waals surface area contributed by atoms with Gasteiger partial charge in [0.15, 0.2) is 0 Å². The first-order valence-corrected chi connectivity index (χ1v) is 8.75. The highest BCUT2D eigenvalue weighted by Gasteiger charge is 2.12. The van der Waals surface area contributed by atoms with Crippen LogP contribution in [-0.2, 0) is 14.3 Å². The van der Waals surface area contributed by atoms with E-state index in [9.17, 15) is 9.59 Å².